The van der Waals surface area contributed by atoms with Crippen LogP contribution in [0.3, 0.4) is 0 Å². The molecule has 1 unspecified atom stereocenters. The maximum absolute atomic E-state index is 12.7. The minimum absolute atomic E-state index is 0.297. The standard InChI is InChI=1S/C19H19NO5S/c1-9-5-6-13-12(7-9)8-14(25-18(13)22)16(21)20-17-15(19(23)24-4)10(2)11(3)26-17/h5-7,14H,8H2,1-4H3,(H,20,21). The van der Waals surface area contributed by atoms with Crippen molar-refractivity contribution < 1.29 is 23.9 Å². The molecule has 1 N–H and O–H groups in total. The van der Waals surface area contributed by atoms with Gasteiger partial charge in [0, 0.05) is 11.3 Å². The maximum atomic E-state index is 12.7. The summed E-state index contributed by atoms with van der Waals surface area (Å²) < 4.78 is 10.1. The maximum Gasteiger partial charge on any atom is 0.341 e. The van der Waals surface area contributed by atoms with E-state index in [2.05, 4.69) is 5.32 Å². The first-order valence-electron chi connectivity index (χ1n) is 8.11. The van der Waals surface area contributed by atoms with Crippen LogP contribution in [0.25, 0.3) is 0 Å². The highest BCUT2D eigenvalue weighted by molar-refractivity contribution is 7.16. The van der Waals surface area contributed by atoms with Gasteiger partial charge in [0.25, 0.3) is 5.91 Å². The minimum atomic E-state index is -0.940. The van der Waals surface area contributed by atoms with E-state index in [-0.39, 0.29) is 0 Å². The second-order valence-electron chi connectivity index (χ2n) is 6.23. The molecule has 26 heavy (non-hydrogen) atoms. The number of carbonyl (C=O) groups is 3. The Hall–Kier alpha value is -2.67. The molecule has 1 amide bonds. The van der Waals surface area contributed by atoms with Gasteiger partial charge >= 0.3 is 11.9 Å². The van der Waals surface area contributed by atoms with Crippen molar-refractivity contribution in [3.63, 3.8) is 0 Å². The van der Waals surface area contributed by atoms with E-state index in [4.69, 9.17) is 9.47 Å². The number of anilines is 1. The predicted molar refractivity (Wildman–Crippen MR) is 97.8 cm³/mol. The van der Waals surface area contributed by atoms with Gasteiger partial charge in [0.1, 0.15) is 5.00 Å². The molecule has 0 saturated carbocycles. The number of rotatable bonds is 3. The van der Waals surface area contributed by atoms with Gasteiger partial charge in [-0.1, -0.05) is 17.7 Å². The highest BCUT2D eigenvalue weighted by Gasteiger charge is 2.32. The summed E-state index contributed by atoms with van der Waals surface area (Å²) in [6.45, 7) is 5.59. The average molecular weight is 373 g/mol. The van der Waals surface area contributed by atoms with Gasteiger partial charge in [-0.2, -0.15) is 0 Å². The average Bonchev–Trinajstić information content (AvgIpc) is 2.87. The van der Waals surface area contributed by atoms with Crippen molar-refractivity contribution in [2.24, 2.45) is 0 Å². The number of hydrogen-bond acceptors (Lipinski definition) is 6. The van der Waals surface area contributed by atoms with Crippen molar-refractivity contribution in [2.75, 3.05) is 12.4 Å². The lowest BCUT2D eigenvalue weighted by molar-refractivity contribution is -0.125. The number of benzene rings is 1. The van der Waals surface area contributed by atoms with Crippen LogP contribution in [0.2, 0.25) is 0 Å². The van der Waals surface area contributed by atoms with Crippen molar-refractivity contribution in [2.45, 2.75) is 33.3 Å². The zero-order valence-corrected chi connectivity index (χ0v) is 15.8. The smallest absolute Gasteiger partial charge is 0.341 e. The fraction of sp³-hybridized carbons (Fsp3) is 0.316. The molecule has 0 aliphatic carbocycles. The number of methoxy groups -OCH3 is 1. The fourth-order valence-corrected chi connectivity index (χ4v) is 3.98. The van der Waals surface area contributed by atoms with E-state index < -0.39 is 23.9 Å². The number of nitrogens with one attached hydrogen (secondary N) is 1. The number of aryl methyl sites for hydroxylation is 2. The number of fused-ring (bicyclic) bond motifs is 1. The summed E-state index contributed by atoms with van der Waals surface area (Å²) in [7, 11) is 1.29. The Morgan fingerprint density at radius 3 is 2.69 bits per heavy atom. The van der Waals surface area contributed by atoms with Crippen molar-refractivity contribution in [1.82, 2.24) is 0 Å². The number of carbonyl (C=O) groups excluding carboxylic acids is 3. The highest BCUT2D eigenvalue weighted by atomic mass is 32.1. The summed E-state index contributed by atoms with van der Waals surface area (Å²) in [5.41, 5.74) is 3.38. The molecule has 0 saturated heterocycles. The molecule has 2 aromatic rings. The first-order valence-corrected chi connectivity index (χ1v) is 8.93. The van der Waals surface area contributed by atoms with Crippen LogP contribution in [0.1, 0.15) is 42.3 Å². The molecule has 1 aromatic carbocycles. The van der Waals surface area contributed by atoms with Crippen molar-refractivity contribution in [3.8, 4) is 0 Å². The number of esters is 2. The Morgan fingerprint density at radius 1 is 1.27 bits per heavy atom. The molecule has 1 aromatic heterocycles. The van der Waals surface area contributed by atoms with Gasteiger partial charge in [-0.05, 0) is 38.0 Å². The lowest BCUT2D eigenvalue weighted by Gasteiger charge is -2.24. The van der Waals surface area contributed by atoms with E-state index in [1.165, 1.54) is 18.4 Å². The highest BCUT2D eigenvalue weighted by Crippen LogP contribution is 2.33. The first-order chi connectivity index (χ1) is 12.3. The number of thiophene rings is 1. The van der Waals surface area contributed by atoms with Crippen LogP contribution in [0.15, 0.2) is 18.2 Å². The van der Waals surface area contributed by atoms with Crippen LogP contribution < -0.4 is 5.32 Å². The van der Waals surface area contributed by atoms with Gasteiger partial charge in [0.05, 0.1) is 18.2 Å². The molecular formula is C19H19NO5S. The zero-order chi connectivity index (χ0) is 19.0. The van der Waals surface area contributed by atoms with Crippen LogP contribution in [0.4, 0.5) is 5.00 Å². The second kappa shape index (κ2) is 6.92. The van der Waals surface area contributed by atoms with E-state index in [0.29, 0.717) is 22.5 Å². The van der Waals surface area contributed by atoms with Crippen LogP contribution in [0.5, 0.6) is 0 Å². The van der Waals surface area contributed by atoms with Crippen LogP contribution in [0, 0.1) is 20.8 Å². The van der Waals surface area contributed by atoms with E-state index in [1.807, 2.05) is 26.0 Å². The Balaban J connectivity index is 1.85. The molecule has 0 fully saturated rings. The van der Waals surface area contributed by atoms with Crippen LogP contribution in [-0.2, 0) is 20.7 Å². The third kappa shape index (κ3) is 3.22. The van der Waals surface area contributed by atoms with Gasteiger partial charge in [-0.25, -0.2) is 9.59 Å². The lowest BCUT2D eigenvalue weighted by atomic mass is 9.96. The van der Waals surface area contributed by atoms with Gasteiger partial charge in [-0.3, -0.25) is 4.79 Å². The van der Waals surface area contributed by atoms with E-state index in [9.17, 15) is 14.4 Å². The Morgan fingerprint density at radius 2 is 2.00 bits per heavy atom. The van der Waals surface area contributed by atoms with Gasteiger partial charge in [0.2, 0.25) is 0 Å². The SMILES string of the molecule is COC(=O)c1c(NC(=O)C2Cc3cc(C)ccc3C(=O)O2)sc(C)c1C. The van der Waals surface area contributed by atoms with Crippen LogP contribution >= 0.6 is 11.3 Å². The summed E-state index contributed by atoms with van der Waals surface area (Å²) in [5, 5.41) is 3.13. The van der Waals surface area contributed by atoms with Crippen molar-refractivity contribution >= 4 is 34.2 Å². The Kier molecular flexibility index (Phi) is 4.82. The quantitative estimate of drug-likeness (QED) is 0.836. The molecule has 1 atom stereocenters. The van der Waals surface area contributed by atoms with Gasteiger partial charge in [-0.15, -0.1) is 11.3 Å². The Bertz CT molecular complexity index is 915. The Labute approximate surface area is 155 Å². The van der Waals surface area contributed by atoms with E-state index in [0.717, 1.165) is 21.6 Å². The monoisotopic (exact) mass is 373 g/mol. The largest absolute Gasteiger partial charge is 0.465 e. The topological polar surface area (TPSA) is 81.7 Å². The van der Waals surface area contributed by atoms with Crippen molar-refractivity contribution in [1.29, 1.82) is 0 Å². The molecule has 3 rings (SSSR count). The number of cyclic esters (lactones) is 1. The number of ether oxygens (including phenoxy) is 2. The summed E-state index contributed by atoms with van der Waals surface area (Å²) in [5.74, 6) is -1.49. The van der Waals surface area contributed by atoms with E-state index >= 15 is 0 Å². The summed E-state index contributed by atoms with van der Waals surface area (Å²) in [4.78, 5) is 37.8. The first kappa shape index (κ1) is 18.1. The zero-order valence-electron chi connectivity index (χ0n) is 15.0. The number of amides is 1. The van der Waals surface area contributed by atoms with Crippen molar-refractivity contribution in [3.05, 3.63) is 50.9 Å². The molecule has 1 aliphatic heterocycles. The van der Waals surface area contributed by atoms with Gasteiger partial charge in [0.15, 0.2) is 6.10 Å². The third-order valence-electron chi connectivity index (χ3n) is 4.44. The fourth-order valence-electron chi connectivity index (χ4n) is 2.93. The number of hydrogen-bond donors (Lipinski definition) is 1. The summed E-state index contributed by atoms with van der Waals surface area (Å²) >= 11 is 1.29. The minimum Gasteiger partial charge on any atom is -0.465 e. The third-order valence-corrected chi connectivity index (χ3v) is 5.56. The van der Waals surface area contributed by atoms with Gasteiger partial charge < -0.3 is 14.8 Å². The molecule has 136 valence electrons. The molecular weight excluding hydrogens is 354 g/mol. The predicted octanol–water partition coefficient (Wildman–Crippen LogP) is 3.18. The molecule has 0 bridgehead atoms. The normalized spacial score (nSPS) is 15.8. The molecule has 7 heteroatoms. The molecule has 0 spiro atoms. The molecule has 2 heterocycles. The lowest BCUT2D eigenvalue weighted by Crippen LogP contribution is -2.38. The summed E-state index contributed by atoms with van der Waals surface area (Å²) in [6.07, 6.45) is -0.643. The van der Waals surface area contributed by atoms with Crippen LogP contribution in [-0.4, -0.2) is 31.1 Å². The summed E-state index contributed by atoms with van der Waals surface area (Å²) in [6, 6.07) is 5.43. The van der Waals surface area contributed by atoms with E-state index in [1.54, 1.807) is 13.0 Å². The molecule has 0 radical (unpaired) electrons. The molecule has 1 aliphatic rings. The molecule has 6 nitrogen and oxygen atoms in total. The second-order valence-corrected chi connectivity index (χ2v) is 7.45.